The molecule has 2 rings (SSSR count). The first-order valence-corrected chi connectivity index (χ1v) is 5.61. The quantitative estimate of drug-likeness (QED) is 0.740. The molecule has 0 bridgehead atoms. The molecule has 0 amide bonds. The summed E-state index contributed by atoms with van der Waals surface area (Å²) < 4.78 is 22.4. The van der Waals surface area contributed by atoms with E-state index in [9.17, 15) is 8.42 Å². The lowest BCUT2D eigenvalue weighted by Crippen LogP contribution is -2.11. The molecule has 0 unspecified atom stereocenters. The van der Waals surface area contributed by atoms with Crippen LogP contribution in [0.5, 0.6) is 0 Å². The molecule has 0 fully saturated rings. The Morgan fingerprint density at radius 3 is 2.73 bits per heavy atom. The number of sulfonamides is 1. The highest BCUT2D eigenvalue weighted by Gasteiger charge is 2.15. The summed E-state index contributed by atoms with van der Waals surface area (Å²) in [6.07, 6.45) is 1.29. The van der Waals surface area contributed by atoms with Crippen LogP contribution >= 0.6 is 0 Å². The van der Waals surface area contributed by atoms with Crippen LogP contribution in [0.4, 0.5) is 0 Å². The molecule has 0 aliphatic heterocycles. The van der Waals surface area contributed by atoms with E-state index in [0.29, 0.717) is 16.5 Å². The maximum atomic E-state index is 11.2. The number of para-hydroxylation sites is 1. The van der Waals surface area contributed by atoms with E-state index in [2.05, 4.69) is 4.98 Å². The summed E-state index contributed by atoms with van der Waals surface area (Å²) in [7, 11) is -3.75. The number of hydrogen-bond donors (Lipinski definition) is 2. The molecule has 1 aromatic carbocycles. The third kappa shape index (κ3) is 1.48. The average molecular weight is 221 g/mol. The Morgan fingerprint density at radius 2 is 2.13 bits per heavy atom. The molecule has 1 aromatic heterocycles. The Labute approximate surface area is 86.2 Å². The zero-order valence-corrected chi connectivity index (χ0v) is 8.38. The summed E-state index contributed by atoms with van der Waals surface area (Å²) in [5, 5.41) is 14.3. The minimum absolute atomic E-state index is 0.00889. The number of nitrogens with one attached hydrogen (secondary N) is 1. The van der Waals surface area contributed by atoms with Gasteiger partial charge in [0.15, 0.2) is 0 Å². The molecule has 0 atom stereocenters. The van der Waals surface area contributed by atoms with Gasteiger partial charge in [0, 0.05) is 11.6 Å². The summed E-state index contributed by atoms with van der Waals surface area (Å²) >= 11 is 0. The van der Waals surface area contributed by atoms with E-state index in [1.165, 1.54) is 6.20 Å². The second kappa shape index (κ2) is 3.08. The highest BCUT2D eigenvalue weighted by atomic mass is 32.2. The Hall–Kier alpha value is -1.84. The van der Waals surface area contributed by atoms with Gasteiger partial charge in [0.05, 0.1) is 11.1 Å². The molecular formula is C9H7N3O2S. The molecule has 15 heavy (non-hydrogen) atoms. The second-order valence-corrected chi connectivity index (χ2v) is 4.57. The van der Waals surface area contributed by atoms with Gasteiger partial charge in [-0.15, -0.1) is 0 Å². The number of rotatable bonds is 1. The number of aromatic amines is 1. The molecule has 6 heteroatoms. The molecule has 2 aromatic rings. The van der Waals surface area contributed by atoms with E-state index in [4.69, 9.17) is 10.4 Å². The third-order valence-corrected chi connectivity index (χ3v) is 3.06. The van der Waals surface area contributed by atoms with Crippen LogP contribution in [0.25, 0.3) is 10.9 Å². The van der Waals surface area contributed by atoms with Crippen molar-refractivity contribution >= 4 is 20.9 Å². The van der Waals surface area contributed by atoms with Gasteiger partial charge in [0.25, 0.3) is 0 Å². The molecular weight excluding hydrogens is 214 g/mol. The number of nitriles is 1. The first-order valence-electron chi connectivity index (χ1n) is 4.07. The lowest BCUT2D eigenvalue weighted by Gasteiger charge is -1.95. The first kappa shape index (κ1) is 9.71. The van der Waals surface area contributed by atoms with Gasteiger partial charge in [-0.1, -0.05) is 12.1 Å². The summed E-state index contributed by atoms with van der Waals surface area (Å²) in [6, 6.07) is 6.79. The van der Waals surface area contributed by atoms with Crippen LogP contribution in [0.2, 0.25) is 0 Å². The fraction of sp³-hybridized carbons (Fsp3) is 0. The molecule has 0 radical (unpaired) electrons. The van der Waals surface area contributed by atoms with Crippen molar-refractivity contribution in [3.8, 4) is 6.07 Å². The van der Waals surface area contributed by atoms with Crippen LogP contribution in [0, 0.1) is 11.3 Å². The molecule has 0 aliphatic rings. The topological polar surface area (TPSA) is 99.7 Å². The van der Waals surface area contributed by atoms with Crippen LogP contribution in [-0.2, 0) is 10.0 Å². The van der Waals surface area contributed by atoms with Crippen molar-refractivity contribution in [2.75, 3.05) is 0 Å². The van der Waals surface area contributed by atoms with Gasteiger partial charge in [0.1, 0.15) is 11.0 Å². The van der Waals surface area contributed by atoms with Gasteiger partial charge in [-0.05, 0) is 6.07 Å². The minimum Gasteiger partial charge on any atom is -0.359 e. The van der Waals surface area contributed by atoms with Gasteiger partial charge in [-0.3, -0.25) is 0 Å². The smallest absolute Gasteiger partial charge is 0.240 e. The maximum absolute atomic E-state index is 11.2. The Kier molecular flexibility index (Phi) is 2.00. The minimum atomic E-state index is -3.75. The zero-order valence-electron chi connectivity index (χ0n) is 7.56. The number of aromatic nitrogens is 1. The molecule has 0 aliphatic carbocycles. The second-order valence-electron chi connectivity index (χ2n) is 3.04. The number of hydrogen-bond acceptors (Lipinski definition) is 3. The van der Waals surface area contributed by atoms with Crippen molar-refractivity contribution in [2.24, 2.45) is 5.14 Å². The van der Waals surface area contributed by atoms with E-state index >= 15 is 0 Å². The SMILES string of the molecule is N#Cc1cccc2c(S(N)(=O)=O)c[nH]c12. The Bertz CT molecular complexity index is 664. The number of H-pyrrole nitrogens is 1. The van der Waals surface area contributed by atoms with Crippen molar-refractivity contribution in [3.63, 3.8) is 0 Å². The highest BCUT2D eigenvalue weighted by molar-refractivity contribution is 7.89. The summed E-state index contributed by atoms with van der Waals surface area (Å²) in [5.41, 5.74) is 0.881. The predicted molar refractivity (Wildman–Crippen MR) is 54.4 cm³/mol. The molecule has 0 saturated carbocycles. The van der Waals surface area contributed by atoms with E-state index in [0.717, 1.165) is 0 Å². The van der Waals surface area contributed by atoms with Crippen molar-refractivity contribution < 1.29 is 8.42 Å². The van der Waals surface area contributed by atoms with E-state index in [1.807, 2.05) is 6.07 Å². The normalized spacial score (nSPS) is 11.5. The fourth-order valence-electron chi connectivity index (χ4n) is 1.46. The van der Waals surface area contributed by atoms with Crippen molar-refractivity contribution in [3.05, 3.63) is 30.0 Å². The number of nitrogens with zero attached hydrogens (tertiary/aromatic N) is 1. The number of benzene rings is 1. The summed E-state index contributed by atoms with van der Waals surface area (Å²) in [6.45, 7) is 0. The van der Waals surface area contributed by atoms with Crippen molar-refractivity contribution in [2.45, 2.75) is 4.90 Å². The average Bonchev–Trinajstić information content (AvgIpc) is 2.59. The number of primary sulfonamides is 1. The third-order valence-electron chi connectivity index (χ3n) is 2.10. The van der Waals surface area contributed by atoms with Crippen LogP contribution in [0.15, 0.2) is 29.3 Å². The predicted octanol–water partition coefficient (Wildman–Crippen LogP) is 0.687. The highest BCUT2D eigenvalue weighted by Crippen LogP contribution is 2.23. The summed E-state index contributed by atoms with van der Waals surface area (Å²) in [4.78, 5) is 2.74. The Morgan fingerprint density at radius 1 is 1.40 bits per heavy atom. The fourth-order valence-corrected chi connectivity index (χ4v) is 2.16. The number of nitrogens with two attached hydrogens (primary N) is 1. The molecule has 76 valence electrons. The lowest BCUT2D eigenvalue weighted by molar-refractivity contribution is 0.598. The van der Waals surface area contributed by atoms with E-state index in [-0.39, 0.29) is 4.90 Å². The van der Waals surface area contributed by atoms with Crippen LogP contribution in [0.3, 0.4) is 0 Å². The largest absolute Gasteiger partial charge is 0.359 e. The molecule has 0 spiro atoms. The summed E-state index contributed by atoms with van der Waals surface area (Å²) in [5.74, 6) is 0. The van der Waals surface area contributed by atoms with Crippen molar-refractivity contribution in [1.82, 2.24) is 4.98 Å². The van der Waals surface area contributed by atoms with Gasteiger partial charge < -0.3 is 4.98 Å². The van der Waals surface area contributed by atoms with Gasteiger partial charge >= 0.3 is 0 Å². The van der Waals surface area contributed by atoms with E-state index in [1.54, 1.807) is 18.2 Å². The molecule has 5 nitrogen and oxygen atoms in total. The Balaban J connectivity index is 2.91. The van der Waals surface area contributed by atoms with E-state index < -0.39 is 10.0 Å². The zero-order chi connectivity index (χ0) is 11.1. The maximum Gasteiger partial charge on any atom is 0.240 e. The number of fused-ring (bicyclic) bond motifs is 1. The van der Waals surface area contributed by atoms with Gasteiger partial charge in [0.2, 0.25) is 10.0 Å². The monoisotopic (exact) mass is 221 g/mol. The molecule has 0 saturated heterocycles. The van der Waals surface area contributed by atoms with Crippen LogP contribution < -0.4 is 5.14 Å². The molecule has 1 heterocycles. The van der Waals surface area contributed by atoms with Crippen LogP contribution in [-0.4, -0.2) is 13.4 Å². The molecule has 3 N–H and O–H groups in total. The van der Waals surface area contributed by atoms with Gasteiger partial charge in [-0.25, -0.2) is 13.6 Å². The lowest BCUT2D eigenvalue weighted by atomic mass is 10.2. The first-order chi connectivity index (χ1) is 7.04. The van der Waals surface area contributed by atoms with Crippen molar-refractivity contribution in [1.29, 1.82) is 5.26 Å². The van der Waals surface area contributed by atoms with Gasteiger partial charge in [-0.2, -0.15) is 5.26 Å². The standard InChI is InChI=1S/C9H7N3O2S/c10-4-6-2-1-3-7-8(15(11,13)14)5-12-9(6)7/h1-3,5,12H,(H2,11,13,14). The van der Waals surface area contributed by atoms with Crippen LogP contribution in [0.1, 0.15) is 5.56 Å².